The summed E-state index contributed by atoms with van der Waals surface area (Å²) in [6, 6.07) is 8.18. The van der Waals surface area contributed by atoms with E-state index in [0.717, 1.165) is 54.9 Å². The molecule has 1 fully saturated rings. The summed E-state index contributed by atoms with van der Waals surface area (Å²) in [7, 11) is 0. The summed E-state index contributed by atoms with van der Waals surface area (Å²) in [5.41, 5.74) is 3.78. The SMILES string of the molecule is Cc1csc2c1C(N1CCN(CCC(C)(C)C(=O)O)CC1)=Nc1ccccc1N2. The maximum atomic E-state index is 11.4. The minimum Gasteiger partial charge on any atom is -0.481 e. The van der Waals surface area contributed by atoms with Gasteiger partial charge in [-0.25, -0.2) is 4.99 Å². The Labute approximate surface area is 175 Å². The molecule has 0 radical (unpaired) electrons. The molecule has 0 amide bonds. The Kier molecular flexibility index (Phi) is 5.36. The van der Waals surface area contributed by atoms with Gasteiger partial charge in [-0.1, -0.05) is 12.1 Å². The van der Waals surface area contributed by atoms with Gasteiger partial charge in [-0.05, 0) is 56.8 Å². The lowest BCUT2D eigenvalue weighted by atomic mass is 9.89. The largest absolute Gasteiger partial charge is 0.481 e. The van der Waals surface area contributed by atoms with Gasteiger partial charge < -0.3 is 15.3 Å². The Morgan fingerprint density at radius 1 is 1.24 bits per heavy atom. The molecule has 0 saturated carbocycles. The molecular weight excluding hydrogens is 384 g/mol. The number of piperazine rings is 1. The summed E-state index contributed by atoms with van der Waals surface area (Å²) in [5, 5.41) is 16.2. The van der Waals surface area contributed by atoms with Gasteiger partial charge in [0, 0.05) is 26.2 Å². The standard InChI is InChI=1S/C22H28N4O2S/c1-15-14-29-20-18(15)19(23-16-6-4-5-7-17(16)24-20)26-12-10-25(11-13-26)9-8-22(2,3)21(27)28/h4-7,14,24H,8-13H2,1-3H3,(H,27,28). The number of anilines is 2. The number of para-hydroxylation sites is 2. The average Bonchev–Trinajstić information content (AvgIpc) is 2.96. The van der Waals surface area contributed by atoms with Crippen molar-refractivity contribution < 1.29 is 9.90 Å². The van der Waals surface area contributed by atoms with Gasteiger partial charge in [0.25, 0.3) is 0 Å². The van der Waals surface area contributed by atoms with Crippen LogP contribution in [-0.4, -0.2) is 59.4 Å². The molecule has 1 aromatic carbocycles. The highest BCUT2D eigenvalue weighted by Gasteiger charge is 2.30. The van der Waals surface area contributed by atoms with E-state index < -0.39 is 11.4 Å². The van der Waals surface area contributed by atoms with Crippen molar-refractivity contribution in [1.82, 2.24) is 9.80 Å². The van der Waals surface area contributed by atoms with Crippen LogP contribution >= 0.6 is 11.3 Å². The molecule has 4 rings (SSSR count). The third-order valence-corrected chi connectivity index (χ3v) is 6.89. The van der Waals surface area contributed by atoms with E-state index in [1.165, 1.54) is 11.1 Å². The number of rotatable bonds is 4. The van der Waals surface area contributed by atoms with Gasteiger partial charge in [0.1, 0.15) is 10.8 Å². The van der Waals surface area contributed by atoms with Crippen molar-refractivity contribution >= 4 is 39.5 Å². The van der Waals surface area contributed by atoms with Crippen molar-refractivity contribution in [3.63, 3.8) is 0 Å². The summed E-state index contributed by atoms with van der Waals surface area (Å²) in [6.07, 6.45) is 0.661. The predicted octanol–water partition coefficient (Wildman–Crippen LogP) is 4.31. The maximum Gasteiger partial charge on any atom is 0.309 e. The molecule has 0 bridgehead atoms. The van der Waals surface area contributed by atoms with Crippen LogP contribution in [0.1, 0.15) is 31.4 Å². The fourth-order valence-electron chi connectivity index (χ4n) is 3.74. The van der Waals surface area contributed by atoms with Crippen molar-refractivity contribution in [1.29, 1.82) is 0 Å². The van der Waals surface area contributed by atoms with E-state index in [2.05, 4.69) is 39.6 Å². The highest BCUT2D eigenvalue weighted by atomic mass is 32.1. The number of benzene rings is 1. The first kappa shape index (κ1) is 19.9. The van der Waals surface area contributed by atoms with E-state index >= 15 is 0 Å². The first-order chi connectivity index (χ1) is 13.8. The van der Waals surface area contributed by atoms with Crippen LogP contribution in [0.25, 0.3) is 0 Å². The maximum absolute atomic E-state index is 11.4. The lowest BCUT2D eigenvalue weighted by molar-refractivity contribution is -0.147. The summed E-state index contributed by atoms with van der Waals surface area (Å²) >= 11 is 1.73. The monoisotopic (exact) mass is 412 g/mol. The quantitative estimate of drug-likeness (QED) is 0.783. The lowest BCUT2D eigenvalue weighted by Gasteiger charge is -2.37. The van der Waals surface area contributed by atoms with Gasteiger partial charge in [-0.2, -0.15) is 0 Å². The molecule has 0 unspecified atom stereocenters. The number of fused-ring (bicyclic) bond motifs is 2. The van der Waals surface area contributed by atoms with Gasteiger partial charge in [0.15, 0.2) is 0 Å². The molecule has 2 aromatic rings. The number of aliphatic imine (C=N–C) groups is 1. The Hall–Kier alpha value is -2.38. The summed E-state index contributed by atoms with van der Waals surface area (Å²) in [5.74, 6) is 0.317. The van der Waals surface area contributed by atoms with Crippen molar-refractivity contribution in [2.24, 2.45) is 10.4 Å². The number of carboxylic acid groups (broad SMARTS) is 1. The molecule has 2 aliphatic heterocycles. The fourth-order valence-corrected chi connectivity index (χ4v) is 4.69. The van der Waals surface area contributed by atoms with E-state index in [1.54, 1.807) is 25.2 Å². The highest BCUT2D eigenvalue weighted by Crippen LogP contribution is 2.39. The predicted molar refractivity (Wildman–Crippen MR) is 119 cm³/mol. The molecule has 0 aliphatic carbocycles. The molecular formula is C22H28N4O2S. The number of thiophene rings is 1. The molecule has 2 N–H and O–H groups in total. The van der Waals surface area contributed by atoms with E-state index in [1.807, 2.05) is 12.1 Å². The van der Waals surface area contributed by atoms with Gasteiger partial charge in [0.2, 0.25) is 0 Å². The second kappa shape index (κ2) is 7.80. The average molecular weight is 413 g/mol. The van der Waals surface area contributed by atoms with E-state index in [4.69, 9.17) is 4.99 Å². The fraction of sp³-hybridized carbons (Fsp3) is 0.455. The van der Waals surface area contributed by atoms with Crippen LogP contribution in [0.15, 0.2) is 34.6 Å². The zero-order valence-electron chi connectivity index (χ0n) is 17.2. The van der Waals surface area contributed by atoms with Crippen molar-refractivity contribution in [2.45, 2.75) is 27.2 Å². The van der Waals surface area contributed by atoms with E-state index in [9.17, 15) is 9.90 Å². The Balaban J connectivity index is 1.51. The summed E-state index contributed by atoms with van der Waals surface area (Å²) in [6.45, 7) is 10.2. The van der Waals surface area contributed by atoms with Crippen LogP contribution in [0.4, 0.5) is 16.4 Å². The smallest absolute Gasteiger partial charge is 0.309 e. The number of hydrogen-bond donors (Lipinski definition) is 2. The minimum atomic E-state index is -0.726. The van der Waals surface area contributed by atoms with Crippen LogP contribution in [0.3, 0.4) is 0 Å². The van der Waals surface area contributed by atoms with E-state index in [0.29, 0.717) is 6.42 Å². The van der Waals surface area contributed by atoms with E-state index in [-0.39, 0.29) is 0 Å². The number of hydrogen-bond acceptors (Lipinski definition) is 6. The zero-order chi connectivity index (χ0) is 20.6. The van der Waals surface area contributed by atoms with Crippen molar-refractivity contribution in [3.05, 3.63) is 40.8 Å². The number of amidine groups is 1. The molecule has 1 saturated heterocycles. The minimum absolute atomic E-state index is 0.661. The topological polar surface area (TPSA) is 68.2 Å². The Bertz CT molecular complexity index is 942. The van der Waals surface area contributed by atoms with Crippen molar-refractivity contribution in [2.75, 3.05) is 38.0 Å². The third-order valence-electron chi connectivity index (χ3n) is 5.88. The Morgan fingerprint density at radius 3 is 2.69 bits per heavy atom. The molecule has 29 heavy (non-hydrogen) atoms. The summed E-state index contributed by atoms with van der Waals surface area (Å²) < 4.78 is 0. The highest BCUT2D eigenvalue weighted by molar-refractivity contribution is 7.14. The van der Waals surface area contributed by atoms with Crippen LogP contribution in [0.2, 0.25) is 0 Å². The van der Waals surface area contributed by atoms with Crippen molar-refractivity contribution in [3.8, 4) is 0 Å². The second-order valence-corrected chi connectivity index (χ2v) is 9.35. The number of carboxylic acids is 1. The van der Waals surface area contributed by atoms with Crippen LogP contribution in [0, 0.1) is 12.3 Å². The summed E-state index contributed by atoms with van der Waals surface area (Å²) in [4.78, 5) is 21.2. The second-order valence-electron chi connectivity index (χ2n) is 8.47. The van der Waals surface area contributed by atoms with Gasteiger partial charge in [-0.15, -0.1) is 11.3 Å². The first-order valence-electron chi connectivity index (χ1n) is 10.1. The van der Waals surface area contributed by atoms with Gasteiger partial charge in [0.05, 0.1) is 22.4 Å². The number of carbonyl (C=O) groups is 1. The molecule has 154 valence electrons. The molecule has 0 atom stereocenters. The number of nitrogens with zero attached hydrogens (tertiary/aromatic N) is 3. The molecule has 1 aromatic heterocycles. The van der Waals surface area contributed by atoms with Gasteiger partial charge in [-0.3, -0.25) is 9.69 Å². The van der Waals surface area contributed by atoms with Crippen LogP contribution in [-0.2, 0) is 4.79 Å². The van der Waals surface area contributed by atoms with Crippen LogP contribution < -0.4 is 5.32 Å². The molecule has 6 nitrogen and oxygen atoms in total. The first-order valence-corrected chi connectivity index (χ1v) is 11.0. The molecule has 0 spiro atoms. The number of aryl methyl sites for hydroxylation is 1. The van der Waals surface area contributed by atoms with Gasteiger partial charge >= 0.3 is 5.97 Å². The third kappa shape index (κ3) is 4.02. The number of aliphatic carboxylic acids is 1. The normalized spacial score (nSPS) is 17.1. The molecule has 2 aliphatic rings. The number of nitrogens with one attached hydrogen (secondary N) is 1. The molecule has 3 heterocycles. The zero-order valence-corrected chi connectivity index (χ0v) is 18.1. The Morgan fingerprint density at radius 2 is 1.97 bits per heavy atom. The van der Waals surface area contributed by atoms with Crippen LogP contribution in [0.5, 0.6) is 0 Å². The lowest BCUT2D eigenvalue weighted by Crippen LogP contribution is -2.49. The molecule has 7 heteroatoms.